The Morgan fingerprint density at radius 2 is 1.64 bits per heavy atom. The van der Waals surface area contributed by atoms with Crippen LogP contribution in [0.1, 0.15) is 15.9 Å². The molecule has 5 nitrogen and oxygen atoms in total. The number of para-hydroxylation sites is 1. The fraction of sp³-hybridized carbons (Fsp3) is 0.333. The molecule has 1 saturated heterocycles. The predicted molar refractivity (Wildman–Crippen MR) is 108 cm³/mol. The smallest absolute Gasteiger partial charge is 0.255 e. The summed E-state index contributed by atoms with van der Waals surface area (Å²) in [7, 11) is 0. The summed E-state index contributed by atoms with van der Waals surface area (Å²) < 4.78 is 5.75. The molecule has 2 aliphatic heterocycles. The van der Waals surface area contributed by atoms with Crippen LogP contribution in [0.15, 0.2) is 42.5 Å². The largest absolute Gasteiger partial charge is 0.492 e. The van der Waals surface area contributed by atoms with Crippen molar-refractivity contribution in [3.8, 4) is 5.75 Å². The van der Waals surface area contributed by atoms with Crippen LogP contribution in [0.4, 0.5) is 0 Å². The van der Waals surface area contributed by atoms with E-state index in [0.29, 0.717) is 49.8 Å². The average molecular weight is 419 g/mol. The van der Waals surface area contributed by atoms with E-state index in [1.165, 1.54) is 0 Å². The Labute approximate surface area is 173 Å². The lowest BCUT2D eigenvalue weighted by Gasteiger charge is -2.37. The summed E-state index contributed by atoms with van der Waals surface area (Å²) in [4.78, 5) is 29.2. The Kier molecular flexibility index (Phi) is 5.47. The molecule has 146 valence electrons. The molecule has 1 fully saturated rings. The average Bonchev–Trinajstić information content (AvgIpc) is 2.74. The van der Waals surface area contributed by atoms with Crippen molar-refractivity contribution in [1.29, 1.82) is 0 Å². The third-order valence-corrected chi connectivity index (χ3v) is 6.11. The summed E-state index contributed by atoms with van der Waals surface area (Å²) in [5, 5.41) is 0.629. The lowest BCUT2D eigenvalue weighted by molar-refractivity contribution is -0.138. The third kappa shape index (κ3) is 3.69. The van der Waals surface area contributed by atoms with Crippen molar-refractivity contribution >= 4 is 35.0 Å². The van der Waals surface area contributed by atoms with Gasteiger partial charge in [-0.05, 0) is 30.2 Å². The molecular weight excluding hydrogens is 399 g/mol. The fourth-order valence-corrected chi connectivity index (χ4v) is 4.10. The monoisotopic (exact) mass is 418 g/mol. The lowest BCUT2D eigenvalue weighted by atomic mass is 9.95. The highest BCUT2D eigenvalue weighted by molar-refractivity contribution is 6.43. The Morgan fingerprint density at radius 1 is 0.929 bits per heavy atom. The van der Waals surface area contributed by atoms with Crippen molar-refractivity contribution < 1.29 is 14.3 Å². The maximum atomic E-state index is 12.9. The van der Waals surface area contributed by atoms with Crippen LogP contribution < -0.4 is 4.74 Å². The van der Waals surface area contributed by atoms with E-state index in [9.17, 15) is 9.59 Å². The quantitative estimate of drug-likeness (QED) is 0.749. The molecule has 0 aliphatic carbocycles. The van der Waals surface area contributed by atoms with E-state index in [1.54, 1.807) is 23.1 Å². The number of hydrogen-bond donors (Lipinski definition) is 0. The van der Waals surface area contributed by atoms with Gasteiger partial charge in [-0.2, -0.15) is 0 Å². The molecule has 2 amide bonds. The Bertz CT molecular complexity index is 910. The maximum Gasteiger partial charge on any atom is 0.255 e. The second kappa shape index (κ2) is 8.02. The van der Waals surface area contributed by atoms with E-state index in [0.717, 1.165) is 11.3 Å². The minimum absolute atomic E-state index is 0.0855. The molecule has 2 aromatic rings. The summed E-state index contributed by atoms with van der Waals surface area (Å²) >= 11 is 12.2. The summed E-state index contributed by atoms with van der Waals surface area (Å²) in [5.74, 6) is 0.608. The van der Waals surface area contributed by atoms with E-state index in [2.05, 4.69) is 0 Å². The van der Waals surface area contributed by atoms with Crippen molar-refractivity contribution in [2.24, 2.45) is 5.92 Å². The fourth-order valence-electron chi connectivity index (χ4n) is 3.71. The number of rotatable bonds is 2. The molecule has 2 aliphatic rings. The van der Waals surface area contributed by atoms with Gasteiger partial charge in [0.25, 0.3) is 5.91 Å². The number of ether oxygens (including phenoxy) is 1. The molecule has 0 unspecified atom stereocenters. The van der Waals surface area contributed by atoms with Crippen molar-refractivity contribution in [3.05, 3.63) is 63.6 Å². The normalized spacial score (nSPS) is 19.0. The molecule has 0 radical (unpaired) electrons. The molecule has 0 aromatic heterocycles. The number of piperazine rings is 1. The minimum Gasteiger partial charge on any atom is -0.492 e. The molecule has 4 rings (SSSR count). The standard InChI is InChI=1S/C21H20Cl2N2O3/c22-17-6-3-5-16(19(17)23)21(27)25-10-8-24(9-11-25)20(26)15-12-14-4-1-2-7-18(14)28-13-15/h1-7,15H,8-13H2/t15-/m1/s1. The number of nitrogens with zero attached hydrogens (tertiary/aromatic N) is 2. The molecule has 2 aromatic carbocycles. The van der Waals surface area contributed by atoms with Gasteiger partial charge in [0, 0.05) is 26.2 Å². The number of benzene rings is 2. The molecule has 0 bridgehead atoms. The summed E-state index contributed by atoms with van der Waals surface area (Å²) in [5.41, 5.74) is 1.46. The number of fused-ring (bicyclic) bond motifs is 1. The first-order valence-corrected chi connectivity index (χ1v) is 10.0. The van der Waals surface area contributed by atoms with Crippen molar-refractivity contribution in [2.45, 2.75) is 6.42 Å². The van der Waals surface area contributed by atoms with Gasteiger partial charge < -0.3 is 14.5 Å². The van der Waals surface area contributed by atoms with Gasteiger partial charge in [0.05, 0.1) is 21.5 Å². The third-order valence-electron chi connectivity index (χ3n) is 5.29. The van der Waals surface area contributed by atoms with Crippen LogP contribution in [0.2, 0.25) is 10.0 Å². The first-order valence-electron chi connectivity index (χ1n) is 9.27. The van der Waals surface area contributed by atoms with Crippen LogP contribution in [0.3, 0.4) is 0 Å². The number of hydrogen-bond acceptors (Lipinski definition) is 3. The van der Waals surface area contributed by atoms with Gasteiger partial charge in [-0.3, -0.25) is 9.59 Å². The number of carbonyl (C=O) groups excluding carboxylic acids is 2. The first kappa shape index (κ1) is 19.1. The van der Waals surface area contributed by atoms with Gasteiger partial charge in [0.15, 0.2) is 0 Å². The SMILES string of the molecule is O=C(c1cccc(Cl)c1Cl)N1CCN(C(=O)[C@H]2COc3ccccc3C2)CC1. The van der Waals surface area contributed by atoms with E-state index in [4.69, 9.17) is 27.9 Å². The van der Waals surface area contributed by atoms with Crippen LogP contribution >= 0.6 is 23.2 Å². The van der Waals surface area contributed by atoms with Crippen molar-refractivity contribution in [3.63, 3.8) is 0 Å². The molecule has 1 atom stereocenters. The van der Waals surface area contributed by atoms with Gasteiger partial charge in [-0.15, -0.1) is 0 Å². The zero-order chi connectivity index (χ0) is 19.7. The van der Waals surface area contributed by atoms with E-state index in [1.807, 2.05) is 29.2 Å². The summed E-state index contributed by atoms with van der Waals surface area (Å²) in [6, 6.07) is 12.9. The van der Waals surface area contributed by atoms with Gasteiger partial charge in [0.1, 0.15) is 12.4 Å². The predicted octanol–water partition coefficient (Wildman–Crippen LogP) is 3.53. The zero-order valence-corrected chi connectivity index (χ0v) is 16.7. The summed E-state index contributed by atoms with van der Waals surface area (Å²) in [6.45, 7) is 2.34. The topological polar surface area (TPSA) is 49.9 Å². The van der Waals surface area contributed by atoms with E-state index < -0.39 is 0 Å². The Morgan fingerprint density at radius 3 is 2.43 bits per heavy atom. The van der Waals surface area contributed by atoms with Gasteiger partial charge in [0.2, 0.25) is 5.91 Å². The Balaban J connectivity index is 1.37. The highest BCUT2D eigenvalue weighted by atomic mass is 35.5. The van der Waals surface area contributed by atoms with Crippen molar-refractivity contribution in [1.82, 2.24) is 9.80 Å². The van der Waals surface area contributed by atoms with Crippen LogP contribution in [-0.4, -0.2) is 54.4 Å². The molecular formula is C21H20Cl2N2O3. The van der Waals surface area contributed by atoms with Crippen LogP contribution in [0.5, 0.6) is 5.75 Å². The molecule has 0 spiro atoms. The van der Waals surface area contributed by atoms with Crippen LogP contribution in [0.25, 0.3) is 0 Å². The first-order chi connectivity index (χ1) is 13.5. The molecule has 7 heteroatoms. The Hall–Kier alpha value is -2.24. The van der Waals surface area contributed by atoms with E-state index in [-0.39, 0.29) is 22.8 Å². The lowest BCUT2D eigenvalue weighted by Crippen LogP contribution is -2.53. The van der Waals surface area contributed by atoms with Gasteiger partial charge in [-0.1, -0.05) is 47.5 Å². The van der Waals surface area contributed by atoms with Crippen LogP contribution in [0, 0.1) is 5.92 Å². The molecule has 0 saturated carbocycles. The number of carbonyl (C=O) groups is 2. The van der Waals surface area contributed by atoms with Crippen molar-refractivity contribution in [2.75, 3.05) is 32.8 Å². The van der Waals surface area contributed by atoms with Crippen LogP contribution in [-0.2, 0) is 11.2 Å². The van der Waals surface area contributed by atoms with Gasteiger partial charge >= 0.3 is 0 Å². The number of halogens is 2. The highest BCUT2D eigenvalue weighted by Crippen LogP contribution is 2.29. The van der Waals surface area contributed by atoms with E-state index >= 15 is 0 Å². The highest BCUT2D eigenvalue weighted by Gasteiger charge is 2.32. The molecule has 28 heavy (non-hydrogen) atoms. The second-order valence-corrected chi connectivity index (χ2v) is 7.82. The molecule has 2 heterocycles. The summed E-state index contributed by atoms with van der Waals surface area (Å²) in [6.07, 6.45) is 0.687. The maximum absolute atomic E-state index is 12.9. The molecule has 0 N–H and O–H groups in total. The minimum atomic E-state index is -0.181. The zero-order valence-electron chi connectivity index (χ0n) is 15.2. The number of amides is 2. The second-order valence-electron chi connectivity index (χ2n) is 7.04. The van der Waals surface area contributed by atoms with Gasteiger partial charge in [-0.25, -0.2) is 0 Å².